The molecular formula is C14H16ClNO. The van der Waals surface area contributed by atoms with E-state index >= 15 is 0 Å². The van der Waals surface area contributed by atoms with Gasteiger partial charge in [-0.15, -0.1) is 0 Å². The van der Waals surface area contributed by atoms with Crippen molar-refractivity contribution in [3.05, 3.63) is 35.0 Å². The molecule has 0 unspecified atom stereocenters. The van der Waals surface area contributed by atoms with E-state index in [0.29, 0.717) is 5.02 Å². The van der Waals surface area contributed by atoms with Gasteiger partial charge in [0, 0.05) is 17.8 Å². The summed E-state index contributed by atoms with van der Waals surface area (Å²) in [6.45, 7) is 1.08. The number of furan rings is 1. The molecule has 1 fully saturated rings. The number of nitrogens with one attached hydrogen (secondary N) is 1. The van der Waals surface area contributed by atoms with E-state index in [1.54, 1.807) is 0 Å². The van der Waals surface area contributed by atoms with Crippen LogP contribution in [0.5, 0.6) is 0 Å². The molecule has 1 heterocycles. The fourth-order valence-electron chi connectivity index (χ4n) is 2.06. The third-order valence-electron chi connectivity index (χ3n) is 3.16. The summed E-state index contributed by atoms with van der Waals surface area (Å²) in [5.74, 6) is 1.03. The Morgan fingerprint density at radius 1 is 1.35 bits per heavy atom. The fourth-order valence-corrected chi connectivity index (χ4v) is 2.28. The van der Waals surface area contributed by atoms with E-state index < -0.39 is 0 Å². The van der Waals surface area contributed by atoms with Crippen LogP contribution in [0.2, 0.25) is 5.02 Å². The molecule has 0 saturated heterocycles. The van der Waals surface area contributed by atoms with Gasteiger partial charge in [-0.1, -0.05) is 23.7 Å². The Kier molecular flexibility index (Phi) is 3.08. The molecule has 1 aromatic heterocycles. The quantitative estimate of drug-likeness (QED) is 0.816. The van der Waals surface area contributed by atoms with Crippen LogP contribution >= 0.6 is 11.6 Å². The van der Waals surface area contributed by atoms with Crippen molar-refractivity contribution in [1.29, 1.82) is 0 Å². The summed E-state index contributed by atoms with van der Waals surface area (Å²) < 4.78 is 5.76. The molecule has 0 spiro atoms. The maximum Gasteiger partial charge on any atom is 0.152 e. The van der Waals surface area contributed by atoms with Gasteiger partial charge in [-0.3, -0.25) is 0 Å². The Hall–Kier alpha value is -0.990. The molecule has 1 aliphatic carbocycles. The second-order valence-electron chi connectivity index (χ2n) is 4.70. The minimum Gasteiger partial charge on any atom is -0.460 e. The molecule has 0 atom stereocenters. The summed E-state index contributed by atoms with van der Waals surface area (Å²) in [4.78, 5) is 0. The van der Waals surface area contributed by atoms with E-state index in [-0.39, 0.29) is 0 Å². The molecule has 1 saturated carbocycles. The van der Waals surface area contributed by atoms with Crippen molar-refractivity contribution in [2.24, 2.45) is 0 Å². The lowest BCUT2D eigenvalue weighted by Gasteiger charge is -2.00. The Morgan fingerprint density at radius 2 is 2.24 bits per heavy atom. The van der Waals surface area contributed by atoms with Crippen LogP contribution in [0.1, 0.15) is 25.0 Å². The van der Waals surface area contributed by atoms with Gasteiger partial charge in [0.25, 0.3) is 0 Å². The van der Waals surface area contributed by atoms with Crippen molar-refractivity contribution < 1.29 is 4.42 Å². The van der Waals surface area contributed by atoms with Crippen molar-refractivity contribution >= 4 is 22.6 Å². The molecule has 17 heavy (non-hydrogen) atoms. The van der Waals surface area contributed by atoms with E-state index in [0.717, 1.165) is 42.2 Å². The van der Waals surface area contributed by atoms with Crippen LogP contribution in [0, 0.1) is 0 Å². The minimum absolute atomic E-state index is 0.699. The lowest BCUT2D eigenvalue weighted by atomic mass is 10.2. The van der Waals surface area contributed by atoms with Crippen molar-refractivity contribution in [2.45, 2.75) is 31.7 Å². The molecule has 0 aliphatic heterocycles. The average molecular weight is 250 g/mol. The van der Waals surface area contributed by atoms with Gasteiger partial charge in [0.2, 0.25) is 0 Å². The van der Waals surface area contributed by atoms with Crippen LogP contribution in [-0.2, 0) is 6.42 Å². The Balaban J connectivity index is 1.62. The zero-order valence-electron chi connectivity index (χ0n) is 9.71. The maximum absolute atomic E-state index is 6.08. The van der Waals surface area contributed by atoms with Gasteiger partial charge in [-0.05, 0) is 37.9 Å². The van der Waals surface area contributed by atoms with Gasteiger partial charge in [0.15, 0.2) is 5.58 Å². The summed E-state index contributed by atoms with van der Waals surface area (Å²) >= 11 is 6.08. The van der Waals surface area contributed by atoms with Crippen LogP contribution in [0.4, 0.5) is 0 Å². The van der Waals surface area contributed by atoms with Crippen LogP contribution in [0.15, 0.2) is 28.7 Å². The van der Waals surface area contributed by atoms with E-state index in [2.05, 4.69) is 11.4 Å². The van der Waals surface area contributed by atoms with E-state index in [9.17, 15) is 0 Å². The zero-order valence-corrected chi connectivity index (χ0v) is 10.5. The molecule has 1 N–H and O–H groups in total. The summed E-state index contributed by atoms with van der Waals surface area (Å²) in [6, 6.07) is 8.75. The normalized spacial score (nSPS) is 15.6. The van der Waals surface area contributed by atoms with Gasteiger partial charge < -0.3 is 9.73 Å². The standard InChI is InChI=1S/C14H16ClNO/c15-13-5-1-3-10-9-12(17-14(10)13)4-2-8-16-11-6-7-11/h1,3,5,9,11,16H,2,4,6-8H2. The summed E-state index contributed by atoms with van der Waals surface area (Å²) in [5, 5.41) is 5.30. The Bertz CT molecular complexity index is 516. The van der Waals surface area contributed by atoms with Gasteiger partial charge in [0.1, 0.15) is 5.76 Å². The zero-order chi connectivity index (χ0) is 11.7. The number of rotatable bonds is 5. The highest BCUT2D eigenvalue weighted by Crippen LogP contribution is 2.27. The van der Waals surface area contributed by atoms with E-state index in [1.807, 2.05) is 18.2 Å². The monoisotopic (exact) mass is 249 g/mol. The second-order valence-corrected chi connectivity index (χ2v) is 5.11. The van der Waals surface area contributed by atoms with Gasteiger partial charge in [-0.2, -0.15) is 0 Å². The smallest absolute Gasteiger partial charge is 0.152 e. The molecule has 90 valence electrons. The largest absolute Gasteiger partial charge is 0.460 e. The third kappa shape index (κ3) is 2.64. The first kappa shape index (κ1) is 11.1. The molecule has 3 heteroatoms. The molecule has 0 bridgehead atoms. The summed E-state index contributed by atoms with van der Waals surface area (Å²) in [5.41, 5.74) is 0.819. The topological polar surface area (TPSA) is 25.2 Å². The molecular weight excluding hydrogens is 234 g/mol. The summed E-state index contributed by atoms with van der Waals surface area (Å²) in [7, 11) is 0. The number of hydrogen-bond acceptors (Lipinski definition) is 2. The molecule has 0 amide bonds. The number of para-hydroxylation sites is 1. The SMILES string of the molecule is Clc1cccc2cc(CCCNC3CC3)oc12. The van der Waals surface area contributed by atoms with Crippen LogP contribution < -0.4 is 5.32 Å². The predicted molar refractivity (Wildman–Crippen MR) is 70.6 cm³/mol. The number of hydrogen-bond donors (Lipinski definition) is 1. The predicted octanol–water partition coefficient (Wildman–Crippen LogP) is 3.77. The van der Waals surface area contributed by atoms with Crippen LogP contribution in [0.25, 0.3) is 11.0 Å². The molecule has 2 nitrogen and oxygen atoms in total. The van der Waals surface area contributed by atoms with Crippen LogP contribution in [-0.4, -0.2) is 12.6 Å². The highest BCUT2D eigenvalue weighted by atomic mass is 35.5. The maximum atomic E-state index is 6.08. The van der Waals surface area contributed by atoms with Crippen LogP contribution in [0.3, 0.4) is 0 Å². The Morgan fingerprint density at radius 3 is 3.00 bits per heavy atom. The number of aryl methyl sites for hydroxylation is 1. The van der Waals surface area contributed by atoms with Crippen molar-refractivity contribution in [3.63, 3.8) is 0 Å². The number of fused-ring (bicyclic) bond motifs is 1. The molecule has 3 rings (SSSR count). The third-order valence-corrected chi connectivity index (χ3v) is 3.46. The van der Waals surface area contributed by atoms with Gasteiger partial charge in [-0.25, -0.2) is 0 Å². The van der Waals surface area contributed by atoms with E-state index in [1.165, 1.54) is 12.8 Å². The molecule has 1 aromatic carbocycles. The summed E-state index contributed by atoms with van der Waals surface area (Å²) in [6.07, 6.45) is 4.79. The first-order chi connectivity index (χ1) is 8.33. The fraction of sp³-hybridized carbons (Fsp3) is 0.429. The minimum atomic E-state index is 0.699. The lowest BCUT2D eigenvalue weighted by Crippen LogP contribution is -2.17. The van der Waals surface area contributed by atoms with Crippen molar-refractivity contribution in [1.82, 2.24) is 5.32 Å². The second kappa shape index (κ2) is 4.71. The Labute approximate surface area is 106 Å². The highest BCUT2D eigenvalue weighted by molar-refractivity contribution is 6.34. The van der Waals surface area contributed by atoms with Crippen molar-refractivity contribution in [2.75, 3.05) is 6.54 Å². The lowest BCUT2D eigenvalue weighted by molar-refractivity contribution is 0.528. The molecule has 1 aliphatic rings. The first-order valence-corrected chi connectivity index (χ1v) is 6.61. The van der Waals surface area contributed by atoms with E-state index in [4.69, 9.17) is 16.0 Å². The molecule has 0 radical (unpaired) electrons. The van der Waals surface area contributed by atoms with Gasteiger partial charge >= 0.3 is 0 Å². The van der Waals surface area contributed by atoms with Crippen molar-refractivity contribution in [3.8, 4) is 0 Å². The number of benzene rings is 1. The average Bonchev–Trinajstić information content (AvgIpc) is 3.04. The van der Waals surface area contributed by atoms with Gasteiger partial charge in [0.05, 0.1) is 5.02 Å². The highest BCUT2D eigenvalue weighted by Gasteiger charge is 2.19. The molecule has 2 aromatic rings. The number of halogens is 1. The first-order valence-electron chi connectivity index (χ1n) is 6.23.